The van der Waals surface area contributed by atoms with Gasteiger partial charge in [0.15, 0.2) is 0 Å². The van der Waals surface area contributed by atoms with Crippen LogP contribution in [-0.4, -0.2) is 25.7 Å². The molecule has 0 amide bonds. The Hall–Kier alpha value is -2.29. The van der Waals surface area contributed by atoms with Crippen molar-refractivity contribution in [3.05, 3.63) is 66.2 Å². The molecule has 1 aliphatic rings. The van der Waals surface area contributed by atoms with Crippen LogP contribution in [0.3, 0.4) is 0 Å². The van der Waals surface area contributed by atoms with Crippen LogP contribution in [0.5, 0.6) is 0 Å². The molecule has 0 saturated carbocycles. The minimum Gasteiger partial charge on any atom is -0.466 e. The van der Waals surface area contributed by atoms with E-state index in [1.807, 2.05) is 43.3 Å². The number of para-hydroxylation sites is 1. The van der Waals surface area contributed by atoms with Crippen molar-refractivity contribution in [3.63, 3.8) is 0 Å². The first-order valence-corrected chi connectivity index (χ1v) is 7.81. The van der Waals surface area contributed by atoms with Crippen molar-refractivity contribution in [1.29, 1.82) is 0 Å². The number of carbonyl (C=O) groups excluding carboxylic acids is 1. The molecule has 2 aromatic rings. The summed E-state index contributed by atoms with van der Waals surface area (Å²) >= 11 is 0. The van der Waals surface area contributed by atoms with Crippen molar-refractivity contribution in [1.82, 2.24) is 0 Å². The van der Waals surface area contributed by atoms with E-state index in [0.717, 1.165) is 12.2 Å². The average molecular weight is 295 g/mol. The van der Waals surface area contributed by atoms with Crippen molar-refractivity contribution in [2.75, 3.05) is 24.6 Å². The molecule has 2 atom stereocenters. The number of esters is 1. The summed E-state index contributed by atoms with van der Waals surface area (Å²) in [7, 11) is 0. The van der Waals surface area contributed by atoms with Gasteiger partial charge in [0.25, 0.3) is 0 Å². The third kappa shape index (κ3) is 2.98. The maximum atomic E-state index is 12.4. The molecule has 22 heavy (non-hydrogen) atoms. The molecule has 2 aromatic carbocycles. The highest BCUT2D eigenvalue weighted by Gasteiger charge is 2.39. The topological polar surface area (TPSA) is 29.5 Å². The Balaban J connectivity index is 1.87. The molecule has 0 aromatic heterocycles. The van der Waals surface area contributed by atoms with Gasteiger partial charge in [-0.15, -0.1) is 0 Å². The van der Waals surface area contributed by atoms with Gasteiger partial charge in [-0.05, 0) is 24.6 Å². The second kappa shape index (κ2) is 6.65. The van der Waals surface area contributed by atoms with Gasteiger partial charge in [-0.2, -0.15) is 0 Å². The first-order valence-electron chi connectivity index (χ1n) is 7.81. The molecule has 114 valence electrons. The van der Waals surface area contributed by atoms with Gasteiger partial charge < -0.3 is 9.64 Å². The predicted molar refractivity (Wildman–Crippen MR) is 88.0 cm³/mol. The molecule has 1 saturated heterocycles. The lowest BCUT2D eigenvalue weighted by molar-refractivity contribution is -0.147. The number of ether oxygens (including phenoxy) is 1. The Morgan fingerprint density at radius 1 is 1.05 bits per heavy atom. The van der Waals surface area contributed by atoms with Gasteiger partial charge >= 0.3 is 5.97 Å². The van der Waals surface area contributed by atoms with Crippen LogP contribution in [0.1, 0.15) is 18.4 Å². The lowest BCUT2D eigenvalue weighted by Gasteiger charge is -2.18. The van der Waals surface area contributed by atoms with Gasteiger partial charge in [0.05, 0.1) is 12.5 Å². The molecule has 3 nitrogen and oxygen atoms in total. The zero-order valence-corrected chi connectivity index (χ0v) is 12.8. The van der Waals surface area contributed by atoms with Gasteiger partial charge in [-0.3, -0.25) is 4.79 Å². The van der Waals surface area contributed by atoms with Crippen LogP contribution in [0.4, 0.5) is 5.69 Å². The second-order valence-corrected chi connectivity index (χ2v) is 5.62. The molecule has 0 spiro atoms. The fourth-order valence-electron chi connectivity index (χ4n) is 3.18. The minimum absolute atomic E-state index is 0.0882. The molecule has 1 heterocycles. The van der Waals surface area contributed by atoms with Gasteiger partial charge in [-0.1, -0.05) is 48.5 Å². The van der Waals surface area contributed by atoms with E-state index in [1.54, 1.807) is 0 Å². The molecule has 3 heteroatoms. The van der Waals surface area contributed by atoms with Crippen molar-refractivity contribution >= 4 is 11.7 Å². The zero-order chi connectivity index (χ0) is 15.4. The van der Waals surface area contributed by atoms with Crippen LogP contribution in [0.2, 0.25) is 0 Å². The van der Waals surface area contributed by atoms with Gasteiger partial charge in [0.1, 0.15) is 0 Å². The Morgan fingerprint density at radius 3 is 2.32 bits per heavy atom. The average Bonchev–Trinajstić information content (AvgIpc) is 3.02. The Morgan fingerprint density at radius 2 is 1.68 bits per heavy atom. The summed E-state index contributed by atoms with van der Waals surface area (Å²) in [6.45, 7) is 3.85. The highest BCUT2D eigenvalue weighted by atomic mass is 16.5. The first kappa shape index (κ1) is 14.6. The summed E-state index contributed by atoms with van der Waals surface area (Å²) in [5.74, 6) is -0.0159. The molecule has 3 rings (SSSR count). The van der Waals surface area contributed by atoms with E-state index in [1.165, 1.54) is 5.56 Å². The lowest BCUT2D eigenvalue weighted by Crippen LogP contribution is -2.25. The molecule has 1 fully saturated rings. The number of carbonyl (C=O) groups is 1. The Kier molecular flexibility index (Phi) is 4.42. The first-order chi connectivity index (χ1) is 10.8. The van der Waals surface area contributed by atoms with Crippen LogP contribution in [0.15, 0.2) is 60.7 Å². The predicted octanol–water partition coefficient (Wildman–Crippen LogP) is 3.47. The third-order valence-corrected chi connectivity index (χ3v) is 4.26. The standard InChI is InChI=1S/C19H21NO2/c1-2-22-19(21)18-14-20(16-11-7-4-8-12-16)13-17(18)15-9-5-3-6-10-15/h3-12,17-18H,2,13-14H2,1H3/t17-,18+/m0/s1. The van der Waals surface area contributed by atoms with E-state index < -0.39 is 0 Å². The maximum Gasteiger partial charge on any atom is 0.311 e. The van der Waals surface area contributed by atoms with E-state index >= 15 is 0 Å². The van der Waals surface area contributed by atoms with Crippen molar-refractivity contribution in [3.8, 4) is 0 Å². The fraction of sp³-hybridized carbons (Fsp3) is 0.316. The van der Waals surface area contributed by atoms with Gasteiger partial charge in [0.2, 0.25) is 0 Å². The molecule has 0 N–H and O–H groups in total. The van der Waals surface area contributed by atoms with Crippen LogP contribution >= 0.6 is 0 Å². The molecule has 0 radical (unpaired) electrons. The Bertz CT molecular complexity index is 612. The normalized spacial score (nSPS) is 20.9. The summed E-state index contributed by atoms with van der Waals surface area (Å²) < 4.78 is 5.30. The molecule has 0 aliphatic carbocycles. The van der Waals surface area contributed by atoms with Gasteiger partial charge in [-0.25, -0.2) is 0 Å². The van der Waals surface area contributed by atoms with E-state index in [-0.39, 0.29) is 17.8 Å². The molecular formula is C19H21NO2. The van der Waals surface area contributed by atoms with Crippen LogP contribution in [0.25, 0.3) is 0 Å². The second-order valence-electron chi connectivity index (χ2n) is 5.62. The summed E-state index contributed by atoms with van der Waals surface area (Å²) in [6, 6.07) is 20.5. The summed E-state index contributed by atoms with van der Waals surface area (Å²) in [6.07, 6.45) is 0. The van der Waals surface area contributed by atoms with Crippen molar-refractivity contribution in [2.45, 2.75) is 12.8 Å². The van der Waals surface area contributed by atoms with E-state index in [9.17, 15) is 4.79 Å². The minimum atomic E-state index is -0.109. The number of hydrogen-bond donors (Lipinski definition) is 0. The summed E-state index contributed by atoms with van der Waals surface area (Å²) in [4.78, 5) is 14.6. The van der Waals surface area contributed by atoms with Crippen molar-refractivity contribution < 1.29 is 9.53 Å². The smallest absolute Gasteiger partial charge is 0.311 e. The third-order valence-electron chi connectivity index (χ3n) is 4.26. The molecule has 0 bridgehead atoms. The number of nitrogens with zero attached hydrogens (tertiary/aromatic N) is 1. The molecular weight excluding hydrogens is 274 g/mol. The maximum absolute atomic E-state index is 12.4. The van der Waals surface area contributed by atoms with Crippen LogP contribution in [0, 0.1) is 5.92 Å². The largest absolute Gasteiger partial charge is 0.466 e. The van der Waals surface area contributed by atoms with Crippen LogP contribution < -0.4 is 4.90 Å². The zero-order valence-electron chi connectivity index (χ0n) is 12.8. The van der Waals surface area contributed by atoms with Crippen molar-refractivity contribution in [2.24, 2.45) is 5.92 Å². The van der Waals surface area contributed by atoms with Gasteiger partial charge in [0, 0.05) is 24.7 Å². The highest BCUT2D eigenvalue weighted by Crippen LogP contribution is 2.35. The lowest BCUT2D eigenvalue weighted by atomic mass is 9.89. The number of anilines is 1. The Labute approximate surface area is 131 Å². The number of rotatable bonds is 4. The van der Waals surface area contributed by atoms with Crippen LogP contribution in [-0.2, 0) is 9.53 Å². The molecule has 0 unspecified atom stereocenters. The monoisotopic (exact) mass is 295 g/mol. The quantitative estimate of drug-likeness (QED) is 0.809. The SMILES string of the molecule is CCOC(=O)[C@@H]1CN(c2ccccc2)C[C@H]1c1ccccc1. The fourth-order valence-corrected chi connectivity index (χ4v) is 3.18. The summed E-state index contributed by atoms with van der Waals surface area (Å²) in [5.41, 5.74) is 2.37. The molecule has 1 aliphatic heterocycles. The van der Waals surface area contributed by atoms with E-state index in [4.69, 9.17) is 4.74 Å². The number of hydrogen-bond acceptors (Lipinski definition) is 3. The highest BCUT2D eigenvalue weighted by molar-refractivity contribution is 5.76. The summed E-state index contributed by atoms with van der Waals surface area (Å²) in [5, 5.41) is 0. The number of benzene rings is 2. The van der Waals surface area contributed by atoms with E-state index in [0.29, 0.717) is 13.2 Å². The van der Waals surface area contributed by atoms with E-state index in [2.05, 4.69) is 29.2 Å².